The van der Waals surface area contributed by atoms with Crippen LogP contribution in [0.5, 0.6) is 0 Å². The summed E-state index contributed by atoms with van der Waals surface area (Å²) in [4.78, 5) is 37.9. The number of nitrogens with one attached hydrogen (secondary N) is 1. The van der Waals surface area contributed by atoms with E-state index in [-0.39, 0.29) is 23.4 Å². The van der Waals surface area contributed by atoms with Crippen molar-refractivity contribution in [3.05, 3.63) is 83.5 Å². The van der Waals surface area contributed by atoms with Gasteiger partial charge in [0.15, 0.2) is 0 Å². The molecule has 1 saturated heterocycles. The maximum Gasteiger partial charge on any atom is 0.328 e. The van der Waals surface area contributed by atoms with Crippen molar-refractivity contribution in [3.8, 4) is 17.5 Å². The third-order valence-corrected chi connectivity index (χ3v) is 6.10. The Morgan fingerprint density at radius 3 is 2.38 bits per heavy atom. The highest BCUT2D eigenvalue weighted by molar-refractivity contribution is 5.90. The third kappa shape index (κ3) is 9.77. The normalized spacial score (nSPS) is 13.7. The molecule has 1 fully saturated rings. The van der Waals surface area contributed by atoms with E-state index in [2.05, 4.69) is 20.4 Å². The van der Waals surface area contributed by atoms with Crippen LogP contribution in [0.2, 0.25) is 0 Å². The lowest BCUT2D eigenvalue weighted by Gasteiger charge is -2.32. The van der Waals surface area contributed by atoms with E-state index in [9.17, 15) is 18.8 Å². The number of carbonyl (C=O) groups is 3. The molecule has 3 aromatic rings. The number of amides is 1. The summed E-state index contributed by atoms with van der Waals surface area (Å²) in [7, 11) is 0. The number of carbonyl (C=O) groups excluding carboxylic acids is 1. The first-order chi connectivity index (χ1) is 19.2. The van der Waals surface area contributed by atoms with Gasteiger partial charge in [-0.05, 0) is 80.2 Å². The van der Waals surface area contributed by atoms with E-state index in [0.717, 1.165) is 44.5 Å². The summed E-state index contributed by atoms with van der Waals surface area (Å²) < 4.78 is 18.5. The summed E-state index contributed by atoms with van der Waals surface area (Å²) >= 11 is 0. The second-order valence-corrected chi connectivity index (χ2v) is 9.02. The van der Waals surface area contributed by atoms with Crippen LogP contribution in [0.1, 0.15) is 41.0 Å². The summed E-state index contributed by atoms with van der Waals surface area (Å²) in [5, 5.41) is 31.1. The van der Waals surface area contributed by atoms with Crippen LogP contribution in [0.3, 0.4) is 0 Å². The predicted octanol–water partition coefficient (Wildman–Crippen LogP) is 3.49. The molecule has 0 radical (unpaired) electrons. The minimum absolute atomic E-state index is 0.00530. The Morgan fingerprint density at radius 2 is 1.77 bits per heavy atom. The zero-order valence-electron chi connectivity index (χ0n) is 21.5. The SMILES string of the molecule is N#Cc1ccc(-c2nc(C(=O)NCCC3CCN(Cc4cccc(F)c4)CC3)no2)cc1.O=C(O)C=CC(=O)O. The first-order valence-corrected chi connectivity index (χ1v) is 12.5. The molecule has 1 aliphatic rings. The summed E-state index contributed by atoms with van der Waals surface area (Å²) in [5.41, 5.74) is 2.18. The first-order valence-electron chi connectivity index (χ1n) is 12.5. The Balaban J connectivity index is 0.000000482. The molecule has 2 heterocycles. The van der Waals surface area contributed by atoms with E-state index in [1.54, 1.807) is 36.4 Å². The molecule has 1 aromatic heterocycles. The number of aromatic nitrogens is 2. The molecule has 0 aliphatic carbocycles. The highest BCUT2D eigenvalue weighted by Gasteiger charge is 2.20. The number of aliphatic carboxylic acids is 2. The number of hydrogen-bond acceptors (Lipinski definition) is 8. The van der Waals surface area contributed by atoms with Crippen LogP contribution < -0.4 is 5.32 Å². The zero-order valence-corrected chi connectivity index (χ0v) is 21.5. The summed E-state index contributed by atoms with van der Waals surface area (Å²) in [6.07, 6.45) is 4.11. The van der Waals surface area contributed by atoms with Crippen molar-refractivity contribution in [1.29, 1.82) is 5.26 Å². The fourth-order valence-electron chi connectivity index (χ4n) is 4.06. The van der Waals surface area contributed by atoms with Gasteiger partial charge >= 0.3 is 11.9 Å². The lowest BCUT2D eigenvalue weighted by Crippen LogP contribution is -2.35. The van der Waals surface area contributed by atoms with Crippen molar-refractivity contribution in [2.45, 2.75) is 25.8 Å². The molecule has 0 bridgehead atoms. The molecule has 0 unspecified atom stereocenters. The number of benzene rings is 2. The molecule has 208 valence electrons. The van der Waals surface area contributed by atoms with Crippen LogP contribution in [0.15, 0.2) is 65.2 Å². The van der Waals surface area contributed by atoms with Gasteiger partial charge in [0.05, 0.1) is 11.6 Å². The largest absolute Gasteiger partial charge is 0.478 e. The molecule has 11 nitrogen and oxygen atoms in total. The Labute approximate surface area is 229 Å². The molecular formula is C28H28FN5O6. The van der Waals surface area contributed by atoms with Crippen LogP contribution in [0.4, 0.5) is 4.39 Å². The standard InChI is InChI=1S/C24H24FN5O2.C4H4O4/c25-21-3-1-2-19(14-21)16-30-12-9-17(10-13-30)8-11-27-23(31)22-28-24(32-29-22)20-6-4-18(15-26)5-7-20;5-3(6)1-2-4(7)8/h1-7,14,17H,8-13,16H2,(H,27,31);1-2H,(H,5,6)(H,7,8). The highest BCUT2D eigenvalue weighted by atomic mass is 19.1. The molecule has 1 amide bonds. The summed E-state index contributed by atoms with van der Waals surface area (Å²) in [6.45, 7) is 3.25. The fourth-order valence-corrected chi connectivity index (χ4v) is 4.06. The van der Waals surface area contributed by atoms with Crippen LogP contribution >= 0.6 is 0 Å². The van der Waals surface area contributed by atoms with Crippen LogP contribution in [-0.2, 0) is 16.1 Å². The Hall–Kier alpha value is -4.89. The number of hydrogen-bond donors (Lipinski definition) is 3. The topological polar surface area (TPSA) is 170 Å². The van der Waals surface area contributed by atoms with E-state index < -0.39 is 11.9 Å². The van der Waals surface area contributed by atoms with Gasteiger partial charge in [-0.1, -0.05) is 17.3 Å². The number of halogens is 1. The third-order valence-electron chi connectivity index (χ3n) is 6.10. The number of piperidine rings is 1. The molecule has 12 heteroatoms. The number of likely N-dealkylation sites (tertiary alicyclic amines) is 1. The van der Waals surface area contributed by atoms with Crippen molar-refractivity contribution in [2.24, 2.45) is 5.92 Å². The zero-order chi connectivity index (χ0) is 28.9. The number of nitriles is 1. The number of nitrogens with zero attached hydrogens (tertiary/aromatic N) is 4. The van der Waals surface area contributed by atoms with Crippen LogP contribution in [-0.4, -0.2) is 62.7 Å². The molecule has 2 aromatic carbocycles. The minimum Gasteiger partial charge on any atom is -0.478 e. The fraction of sp³-hybridized carbons (Fsp3) is 0.286. The van der Waals surface area contributed by atoms with Gasteiger partial charge in [-0.15, -0.1) is 0 Å². The number of carboxylic acids is 2. The van der Waals surface area contributed by atoms with Gasteiger partial charge in [0.2, 0.25) is 0 Å². The molecular weight excluding hydrogens is 521 g/mol. The van der Waals surface area contributed by atoms with Gasteiger partial charge in [-0.3, -0.25) is 9.69 Å². The van der Waals surface area contributed by atoms with E-state index in [1.807, 2.05) is 12.1 Å². The van der Waals surface area contributed by atoms with Crippen molar-refractivity contribution in [3.63, 3.8) is 0 Å². The second-order valence-electron chi connectivity index (χ2n) is 9.02. The Bertz CT molecular complexity index is 1360. The van der Waals surface area contributed by atoms with Crippen LogP contribution in [0.25, 0.3) is 11.5 Å². The Kier molecular flexibility index (Phi) is 11.0. The molecule has 40 heavy (non-hydrogen) atoms. The van der Waals surface area contributed by atoms with Crippen LogP contribution in [0, 0.1) is 23.1 Å². The molecule has 0 saturated carbocycles. The number of carboxylic acid groups (broad SMARTS) is 2. The smallest absolute Gasteiger partial charge is 0.328 e. The average Bonchev–Trinajstić information content (AvgIpc) is 3.44. The molecule has 0 atom stereocenters. The summed E-state index contributed by atoms with van der Waals surface area (Å²) in [6, 6.07) is 15.5. The molecule has 1 aliphatic heterocycles. The van der Waals surface area contributed by atoms with Gasteiger partial charge in [-0.2, -0.15) is 10.2 Å². The first kappa shape index (κ1) is 29.7. The van der Waals surface area contributed by atoms with Gasteiger partial charge in [0.25, 0.3) is 17.6 Å². The molecule has 4 rings (SSSR count). The lowest BCUT2D eigenvalue weighted by atomic mass is 9.93. The second kappa shape index (κ2) is 14.9. The predicted molar refractivity (Wildman–Crippen MR) is 140 cm³/mol. The van der Waals surface area contributed by atoms with E-state index in [4.69, 9.17) is 20.0 Å². The lowest BCUT2D eigenvalue weighted by molar-refractivity contribution is -0.134. The highest BCUT2D eigenvalue weighted by Crippen LogP contribution is 2.22. The average molecular weight is 550 g/mol. The van der Waals surface area contributed by atoms with E-state index in [1.165, 1.54) is 6.07 Å². The monoisotopic (exact) mass is 549 g/mol. The maximum atomic E-state index is 13.3. The number of rotatable bonds is 9. The molecule has 0 spiro atoms. The van der Waals surface area contributed by atoms with Crippen molar-refractivity contribution in [2.75, 3.05) is 19.6 Å². The van der Waals surface area contributed by atoms with Crippen molar-refractivity contribution < 1.29 is 33.5 Å². The van der Waals surface area contributed by atoms with E-state index in [0.29, 0.717) is 35.7 Å². The van der Waals surface area contributed by atoms with Crippen molar-refractivity contribution in [1.82, 2.24) is 20.4 Å². The van der Waals surface area contributed by atoms with Gasteiger partial charge in [-0.25, -0.2) is 14.0 Å². The van der Waals surface area contributed by atoms with Gasteiger partial charge in [0.1, 0.15) is 5.82 Å². The van der Waals surface area contributed by atoms with Gasteiger partial charge < -0.3 is 20.1 Å². The quantitative estimate of drug-likeness (QED) is 0.336. The summed E-state index contributed by atoms with van der Waals surface area (Å²) in [5.74, 6) is -2.30. The maximum absolute atomic E-state index is 13.3. The Morgan fingerprint density at radius 1 is 1.10 bits per heavy atom. The van der Waals surface area contributed by atoms with E-state index >= 15 is 0 Å². The van der Waals surface area contributed by atoms with Gasteiger partial charge in [0, 0.05) is 30.8 Å². The molecule has 3 N–H and O–H groups in total. The van der Waals surface area contributed by atoms with Crippen molar-refractivity contribution >= 4 is 17.8 Å². The minimum atomic E-state index is -1.26.